The molecule has 5 nitrogen and oxygen atoms in total. The average Bonchev–Trinajstić information content (AvgIpc) is 3.32. The summed E-state index contributed by atoms with van der Waals surface area (Å²) in [6, 6.07) is 1.66. The highest BCUT2D eigenvalue weighted by atomic mass is 19.2. The molecule has 122 valence electrons. The first kappa shape index (κ1) is 15.6. The van der Waals surface area contributed by atoms with E-state index in [1.807, 2.05) is 0 Å². The van der Waals surface area contributed by atoms with Gasteiger partial charge in [0.2, 0.25) is 5.43 Å². The number of benzene rings is 1. The molecular weight excluding hydrogens is 308 g/mol. The number of pyridine rings is 1. The molecule has 1 aromatic carbocycles. The molecule has 0 radical (unpaired) electrons. The maximum absolute atomic E-state index is 13.7. The van der Waals surface area contributed by atoms with E-state index in [4.69, 9.17) is 4.74 Å². The summed E-state index contributed by atoms with van der Waals surface area (Å²) in [5.41, 5.74) is -0.904. The van der Waals surface area contributed by atoms with Crippen LogP contribution in [-0.2, 0) is 4.74 Å². The zero-order valence-corrected chi connectivity index (χ0v) is 12.6. The number of carboxylic acids is 1. The summed E-state index contributed by atoms with van der Waals surface area (Å²) in [4.78, 5) is 24.1. The van der Waals surface area contributed by atoms with Crippen molar-refractivity contribution in [2.45, 2.75) is 31.9 Å². The number of carbonyl (C=O) groups is 1. The van der Waals surface area contributed by atoms with E-state index in [0.29, 0.717) is 0 Å². The summed E-state index contributed by atoms with van der Waals surface area (Å²) >= 11 is 0. The Morgan fingerprint density at radius 1 is 1.35 bits per heavy atom. The number of nitrogens with zero attached hydrogens (tertiary/aromatic N) is 1. The molecule has 0 spiro atoms. The molecule has 23 heavy (non-hydrogen) atoms. The van der Waals surface area contributed by atoms with Gasteiger partial charge >= 0.3 is 5.97 Å². The summed E-state index contributed by atoms with van der Waals surface area (Å²) in [6.45, 7) is 1.62. The van der Waals surface area contributed by atoms with Crippen LogP contribution in [0.3, 0.4) is 0 Å². The van der Waals surface area contributed by atoms with Gasteiger partial charge in [-0.3, -0.25) is 4.79 Å². The normalized spacial score (nSPS) is 15.8. The number of methoxy groups -OCH3 is 1. The van der Waals surface area contributed by atoms with Crippen molar-refractivity contribution in [1.82, 2.24) is 4.57 Å². The topological polar surface area (TPSA) is 68.5 Å². The summed E-state index contributed by atoms with van der Waals surface area (Å²) in [5, 5.41) is 9.33. The van der Waals surface area contributed by atoms with Crippen LogP contribution >= 0.6 is 0 Å². The SMILES string of the molecule is COC(C)c1c(C(=O)O)c(=O)c2cc(F)c(F)cc2n1C1CC1. The van der Waals surface area contributed by atoms with Gasteiger partial charge in [0.1, 0.15) is 5.56 Å². The van der Waals surface area contributed by atoms with Crippen molar-refractivity contribution >= 4 is 16.9 Å². The third kappa shape index (κ3) is 2.41. The van der Waals surface area contributed by atoms with Crippen molar-refractivity contribution in [3.8, 4) is 0 Å². The number of hydrogen-bond acceptors (Lipinski definition) is 3. The predicted molar refractivity (Wildman–Crippen MR) is 78.8 cm³/mol. The smallest absolute Gasteiger partial charge is 0.341 e. The van der Waals surface area contributed by atoms with Gasteiger partial charge < -0.3 is 14.4 Å². The van der Waals surface area contributed by atoms with Crippen LogP contribution in [0.1, 0.15) is 48.0 Å². The minimum Gasteiger partial charge on any atom is -0.477 e. The van der Waals surface area contributed by atoms with Gasteiger partial charge in [0.15, 0.2) is 11.6 Å². The Balaban J connectivity index is 2.53. The standard InChI is InChI=1S/C16H15F2NO4/c1-7(23-2)14-13(16(21)22)15(20)9-5-10(17)11(18)6-12(9)19(14)8-3-4-8/h5-8H,3-4H2,1-2H3,(H,21,22). The van der Waals surface area contributed by atoms with E-state index in [1.54, 1.807) is 11.5 Å². The third-order valence-electron chi connectivity index (χ3n) is 4.15. The highest BCUT2D eigenvalue weighted by Gasteiger charge is 2.33. The number of carboxylic acid groups (broad SMARTS) is 1. The highest BCUT2D eigenvalue weighted by Crippen LogP contribution is 2.40. The molecule has 7 heteroatoms. The molecule has 1 N–H and O–H groups in total. The Bertz CT molecular complexity index is 871. The molecule has 1 heterocycles. The maximum atomic E-state index is 13.7. The van der Waals surface area contributed by atoms with Gasteiger partial charge in [-0.2, -0.15) is 0 Å². The van der Waals surface area contributed by atoms with E-state index in [2.05, 4.69) is 0 Å². The summed E-state index contributed by atoms with van der Waals surface area (Å²) in [7, 11) is 1.40. The number of halogens is 2. The fraction of sp³-hybridized carbons (Fsp3) is 0.375. The fourth-order valence-corrected chi connectivity index (χ4v) is 2.86. The molecule has 2 aromatic rings. The monoisotopic (exact) mass is 323 g/mol. The van der Waals surface area contributed by atoms with Gasteiger partial charge in [-0.25, -0.2) is 13.6 Å². The highest BCUT2D eigenvalue weighted by molar-refractivity contribution is 5.94. The Hall–Kier alpha value is -2.28. The maximum Gasteiger partial charge on any atom is 0.341 e. The van der Waals surface area contributed by atoms with E-state index in [9.17, 15) is 23.5 Å². The number of rotatable bonds is 4. The number of ether oxygens (including phenoxy) is 1. The van der Waals surface area contributed by atoms with Crippen LogP contribution in [-0.4, -0.2) is 22.8 Å². The minimum absolute atomic E-state index is 0.0475. The van der Waals surface area contributed by atoms with E-state index in [1.165, 1.54) is 7.11 Å². The average molecular weight is 323 g/mol. The molecule has 0 bridgehead atoms. The van der Waals surface area contributed by atoms with Crippen molar-refractivity contribution in [1.29, 1.82) is 0 Å². The zero-order chi connectivity index (χ0) is 16.9. The molecule has 1 unspecified atom stereocenters. The molecular formula is C16H15F2NO4. The lowest BCUT2D eigenvalue weighted by molar-refractivity contribution is 0.0676. The van der Waals surface area contributed by atoms with Crippen LogP contribution in [0.5, 0.6) is 0 Å². The van der Waals surface area contributed by atoms with Crippen LogP contribution in [0.15, 0.2) is 16.9 Å². The zero-order valence-electron chi connectivity index (χ0n) is 12.6. The van der Waals surface area contributed by atoms with E-state index < -0.39 is 34.7 Å². The van der Waals surface area contributed by atoms with Gasteiger partial charge in [-0.15, -0.1) is 0 Å². The van der Waals surface area contributed by atoms with Gasteiger partial charge in [0, 0.05) is 24.6 Å². The fourth-order valence-electron chi connectivity index (χ4n) is 2.86. The number of fused-ring (bicyclic) bond motifs is 1. The number of aromatic carboxylic acids is 1. The molecule has 1 atom stereocenters. The van der Waals surface area contributed by atoms with Crippen LogP contribution < -0.4 is 5.43 Å². The van der Waals surface area contributed by atoms with Crippen LogP contribution in [0.25, 0.3) is 10.9 Å². The first-order chi connectivity index (χ1) is 10.9. The largest absolute Gasteiger partial charge is 0.477 e. The van der Waals surface area contributed by atoms with E-state index in [0.717, 1.165) is 25.0 Å². The van der Waals surface area contributed by atoms with Crippen molar-refractivity contribution in [3.63, 3.8) is 0 Å². The molecule has 1 aliphatic carbocycles. The molecule has 3 rings (SSSR count). The Kier molecular flexibility index (Phi) is 3.68. The predicted octanol–water partition coefficient (Wildman–Crippen LogP) is 3.02. The number of aromatic nitrogens is 1. The van der Waals surface area contributed by atoms with Crippen molar-refractivity contribution < 1.29 is 23.4 Å². The van der Waals surface area contributed by atoms with Crippen molar-refractivity contribution in [2.24, 2.45) is 0 Å². The quantitative estimate of drug-likeness (QED) is 0.939. The summed E-state index contributed by atoms with van der Waals surface area (Å²) in [5.74, 6) is -3.67. The molecule has 1 saturated carbocycles. The first-order valence-electron chi connectivity index (χ1n) is 7.20. The summed E-state index contributed by atoms with van der Waals surface area (Å²) in [6.07, 6.45) is 0.880. The number of hydrogen-bond donors (Lipinski definition) is 1. The first-order valence-corrected chi connectivity index (χ1v) is 7.20. The van der Waals surface area contributed by atoms with E-state index in [-0.39, 0.29) is 22.6 Å². The van der Waals surface area contributed by atoms with Crippen molar-refractivity contribution in [3.05, 3.63) is 45.2 Å². The van der Waals surface area contributed by atoms with Crippen LogP contribution in [0.4, 0.5) is 8.78 Å². The van der Waals surface area contributed by atoms with Crippen molar-refractivity contribution in [2.75, 3.05) is 7.11 Å². The Morgan fingerprint density at radius 2 is 1.96 bits per heavy atom. The molecule has 0 amide bonds. The van der Waals surface area contributed by atoms with Crippen LogP contribution in [0, 0.1) is 11.6 Å². The lowest BCUT2D eigenvalue weighted by Gasteiger charge is -2.22. The van der Waals surface area contributed by atoms with Gasteiger partial charge in [-0.05, 0) is 25.8 Å². The molecule has 1 aromatic heterocycles. The summed E-state index contributed by atoms with van der Waals surface area (Å²) < 4.78 is 34.0. The molecule has 0 saturated heterocycles. The molecule has 0 aliphatic heterocycles. The second kappa shape index (κ2) is 5.42. The lowest BCUT2D eigenvalue weighted by Crippen LogP contribution is -2.26. The van der Waals surface area contributed by atoms with Gasteiger partial charge in [0.25, 0.3) is 0 Å². The molecule has 1 aliphatic rings. The van der Waals surface area contributed by atoms with E-state index >= 15 is 0 Å². The lowest BCUT2D eigenvalue weighted by atomic mass is 10.0. The van der Waals surface area contributed by atoms with Gasteiger partial charge in [-0.1, -0.05) is 0 Å². The third-order valence-corrected chi connectivity index (χ3v) is 4.15. The van der Waals surface area contributed by atoms with Gasteiger partial charge in [0.05, 0.1) is 17.3 Å². The van der Waals surface area contributed by atoms with Crippen LogP contribution in [0.2, 0.25) is 0 Å². The second-order valence-corrected chi connectivity index (χ2v) is 5.66. The second-order valence-electron chi connectivity index (χ2n) is 5.66. The molecule has 1 fully saturated rings. The Labute approximate surface area is 130 Å². The Morgan fingerprint density at radius 3 is 2.48 bits per heavy atom. The minimum atomic E-state index is -1.41.